The summed E-state index contributed by atoms with van der Waals surface area (Å²) < 4.78 is 28.0. The molecule has 0 unspecified atom stereocenters. The highest BCUT2D eigenvalue weighted by Gasteiger charge is 2.52. The van der Waals surface area contributed by atoms with Crippen molar-refractivity contribution in [2.24, 2.45) is 10.9 Å². The molecule has 0 saturated carbocycles. The van der Waals surface area contributed by atoms with Crippen LogP contribution < -0.4 is 0 Å². The van der Waals surface area contributed by atoms with Crippen molar-refractivity contribution in [2.75, 3.05) is 13.1 Å². The molecule has 0 amide bonds. The van der Waals surface area contributed by atoms with Gasteiger partial charge in [-0.3, -0.25) is 4.99 Å². The van der Waals surface area contributed by atoms with Gasteiger partial charge in [-0.2, -0.15) is 4.31 Å². The molecular formula is C22H22N2O2S. The maximum atomic E-state index is 13.2. The molecule has 2 heterocycles. The van der Waals surface area contributed by atoms with E-state index in [0.717, 1.165) is 16.7 Å². The van der Waals surface area contributed by atoms with E-state index >= 15 is 0 Å². The second-order valence-electron chi connectivity index (χ2n) is 7.10. The van der Waals surface area contributed by atoms with E-state index in [1.165, 1.54) is 0 Å². The second-order valence-corrected chi connectivity index (χ2v) is 9.04. The van der Waals surface area contributed by atoms with Crippen LogP contribution in [0.4, 0.5) is 0 Å². The summed E-state index contributed by atoms with van der Waals surface area (Å²) in [5.41, 5.74) is 2.54. The minimum Gasteiger partial charge on any atom is -0.280 e. The minimum absolute atomic E-state index is 0.0806. The molecule has 1 spiro atoms. The highest BCUT2D eigenvalue weighted by atomic mass is 32.2. The van der Waals surface area contributed by atoms with Crippen molar-refractivity contribution in [1.29, 1.82) is 0 Å². The first-order valence-electron chi connectivity index (χ1n) is 8.98. The molecule has 2 aromatic carbocycles. The molecule has 27 heavy (non-hydrogen) atoms. The molecule has 4 nitrogen and oxygen atoms in total. The van der Waals surface area contributed by atoms with E-state index in [1.807, 2.05) is 61.5 Å². The molecule has 2 aromatic rings. The van der Waals surface area contributed by atoms with Gasteiger partial charge in [0.25, 0.3) is 0 Å². The van der Waals surface area contributed by atoms with Crippen LogP contribution in [0.3, 0.4) is 0 Å². The second kappa shape index (κ2) is 6.59. The lowest BCUT2D eigenvalue weighted by atomic mass is 9.79. The van der Waals surface area contributed by atoms with Crippen molar-refractivity contribution in [3.8, 4) is 0 Å². The van der Waals surface area contributed by atoms with Gasteiger partial charge in [0, 0.05) is 25.2 Å². The highest BCUT2D eigenvalue weighted by Crippen LogP contribution is 2.46. The Balaban J connectivity index is 1.72. The Hall–Kier alpha value is -2.50. The first kappa shape index (κ1) is 17.9. The zero-order valence-electron chi connectivity index (χ0n) is 15.2. The molecule has 0 aromatic heterocycles. The quantitative estimate of drug-likeness (QED) is 0.762. The van der Waals surface area contributed by atoms with E-state index < -0.39 is 15.6 Å². The van der Waals surface area contributed by atoms with E-state index in [0.29, 0.717) is 18.0 Å². The molecule has 5 heteroatoms. The molecule has 1 fully saturated rings. The Kier molecular flexibility index (Phi) is 4.36. The smallest absolute Gasteiger partial charge is 0.243 e. The monoisotopic (exact) mass is 378 g/mol. The number of sulfonamides is 1. The first-order valence-corrected chi connectivity index (χ1v) is 10.4. The van der Waals surface area contributed by atoms with Crippen molar-refractivity contribution in [2.45, 2.75) is 17.4 Å². The van der Waals surface area contributed by atoms with Crippen LogP contribution in [-0.4, -0.2) is 37.6 Å². The Morgan fingerprint density at radius 1 is 1.15 bits per heavy atom. The Labute approximate surface area is 160 Å². The van der Waals surface area contributed by atoms with Gasteiger partial charge in [-0.15, -0.1) is 6.58 Å². The van der Waals surface area contributed by atoms with Crippen LogP contribution in [-0.2, 0) is 10.0 Å². The van der Waals surface area contributed by atoms with Crippen LogP contribution in [0.2, 0.25) is 0 Å². The van der Waals surface area contributed by atoms with Crippen LogP contribution in [0.1, 0.15) is 11.1 Å². The molecule has 1 saturated heterocycles. The molecule has 138 valence electrons. The van der Waals surface area contributed by atoms with Crippen LogP contribution in [0.25, 0.3) is 5.57 Å². The minimum atomic E-state index is -3.58. The van der Waals surface area contributed by atoms with Gasteiger partial charge in [-0.1, -0.05) is 54.1 Å². The Bertz CT molecular complexity index is 1020. The molecular weight excluding hydrogens is 356 g/mol. The van der Waals surface area contributed by atoms with Gasteiger partial charge in [0.15, 0.2) is 0 Å². The van der Waals surface area contributed by atoms with E-state index in [4.69, 9.17) is 4.99 Å². The third-order valence-electron chi connectivity index (χ3n) is 5.47. The summed E-state index contributed by atoms with van der Waals surface area (Å²) in [6.07, 6.45) is 5.62. The number of hydrogen-bond acceptors (Lipinski definition) is 3. The number of aliphatic imine (C=N–C) groups is 1. The third kappa shape index (κ3) is 2.87. The van der Waals surface area contributed by atoms with E-state index in [2.05, 4.69) is 6.58 Å². The van der Waals surface area contributed by atoms with Crippen molar-refractivity contribution in [3.05, 3.63) is 84.5 Å². The predicted molar refractivity (Wildman–Crippen MR) is 109 cm³/mol. The number of nitrogens with zero attached hydrogens (tertiary/aromatic N) is 2. The Morgan fingerprint density at radius 3 is 2.52 bits per heavy atom. The lowest BCUT2D eigenvalue weighted by molar-refractivity contribution is 0.461. The van der Waals surface area contributed by atoms with E-state index in [-0.39, 0.29) is 5.92 Å². The third-order valence-corrected chi connectivity index (χ3v) is 7.30. The summed E-state index contributed by atoms with van der Waals surface area (Å²) >= 11 is 0. The topological polar surface area (TPSA) is 49.7 Å². The summed E-state index contributed by atoms with van der Waals surface area (Å²) in [6.45, 7) is 6.60. The van der Waals surface area contributed by atoms with E-state index in [9.17, 15) is 8.42 Å². The zero-order valence-corrected chi connectivity index (χ0v) is 16.1. The normalized spacial score (nSPS) is 25.1. The van der Waals surface area contributed by atoms with Gasteiger partial charge in [0.1, 0.15) is 5.54 Å². The van der Waals surface area contributed by atoms with Gasteiger partial charge in [-0.05, 0) is 36.3 Å². The van der Waals surface area contributed by atoms with Crippen LogP contribution in [0.5, 0.6) is 0 Å². The van der Waals surface area contributed by atoms with Crippen LogP contribution in [0.15, 0.2) is 83.2 Å². The van der Waals surface area contributed by atoms with E-state index in [1.54, 1.807) is 22.7 Å². The van der Waals surface area contributed by atoms with Crippen LogP contribution in [0, 0.1) is 12.8 Å². The van der Waals surface area contributed by atoms with Crippen molar-refractivity contribution < 1.29 is 8.42 Å². The Morgan fingerprint density at radius 2 is 1.85 bits per heavy atom. The van der Waals surface area contributed by atoms with Gasteiger partial charge in [0.2, 0.25) is 10.0 Å². The molecule has 0 radical (unpaired) electrons. The highest BCUT2D eigenvalue weighted by molar-refractivity contribution is 7.89. The molecule has 0 N–H and O–H groups in total. The van der Waals surface area contributed by atoms with Gasteiger partial charge >= 0.3 is 0 Å². The zero-order chi connectivity index (χ0) is 19.1. The number of rotatable bonds is 4. The fourth-order valence-corrected chi connectivity index (χ4v) is 5.48. The number of allylic oxidation sites excluding steroid dienone is 1. The molecule has 0 aliphatic carbocycles. The first-order chi connectivity index (χ1) is 13.0. The lowest BCUT2D eigenvalue weighted by Crippen LogP contribution is -2.37. The van der Waals surface area contributed by atoms with Gasteiger partial charge < -0.3 is 0 Å². The number of aryl methyl sites for hydroxylation is 1. The fraction of sp³-hybridized carbons (Fsp3) is 0.227. The largest absolute Gasteiger partial charge is 0.280 e. The maximum absolute atomic E-state index is 13.2. The standard InChI is InChI=1S/C22H22N2O2S/c1-3-19-15-24(27(25,26)20-11-9-17(2)10-12-20)16-22(19)21(13-14-23-22)18-7-5-4-6-8-18/h3-14,19H,1,15-16H2,2H3/t19-,22+/m0/s1. The van der Waals surface area contributed by atoms with Crippen molar-refractivity contribution in [3.63, 3.8) is 0 Å². The van der Waals surface area contributed by atoms with Crippen molar-refractivity contribution >= 4 is 21.8 Å². The average Bonchev–Trinajstić information content (AvgIpc) is 3.28. The summed E-state index contributed by atoms with van der Waals surface area (Å²) in [4.78, 5) is 5.07. The van der Waals surface area contributed by atoms with Crippen LogP contribution >= 0.6 is 0 Å². The lowest BCUT2D eigenvalue weighted by Gasteiger charge is -2.29. The molecule has 2 atom stereocenters. The maximum Gasteiger partial charge on any atom is 0.243 e. The predicted octanol–water partition coefficient (Wildman–Crippen LogP) is 3.71. The SMILES string of the molecule is C=C[C@H]1CN(S(=O)(=O)c2ccc(C)cc2)C[C@@]12N=CC=C2c1ccccc1. The molecule has 4 rings (SSSR count). The van der Waals surface area contributed by atoms with Crippen molar-refractivity contribution in [1.82, 2.24) is 4.31 Å². The summed E-state index contributed by atoms with van der Waals surface area (Å²) in [5.74, 6) is -0.0806. The van der Waals surface area contributed by atoms with Gasteiger partial charge in [0.05, 0.1) is 4.90 Å². The summed E-state index contributed by atoms with van der Waals surface area (Å²) in [6, 6.07) is 17.0. The molecule has 0 bridgehead atoms. The number of benzene rings is 2. The summed E-state index contributed by atoms with van der Waals surface area (Å²) in [5, 5.41) is 0. The fourth-order valence-electron chi connectivity index (χ4n) is 3.98. The molecule has 2 aliphatic rings. The number of hydrogen-bond donors (Lipinski definition) is 0. The van der Waals surface area contributed by atoms with Gasteiger partial charge in [-0.25, -0.2) is 8.42 Å². The summed E-state index contributed by atoms with van der Waals surface area (Å²) in [7, 11) is -3.58. The average molecular weight is 378 g/mol. The molecule has 2 aliphatic heterocycles.